The molecule has 1 aliphatic heterocycles. The van der Waals surface area contributed by atoms with Crippen LogP contribution >= 0.6 is 11.6 Å². The van der Waals surface area contributed by atoms with Crippen LogP contribution in [-0.4, -0.2) is 57.8 Å². The smallest absolute Gasteiger partial charge is 0.290 e. The second-order valence-electron chi connectivity index (χ2n) is 7.57. The molecule has 1 N–H and O–H groups in total. The lowest BCUT2D eigenvalue weighted by Crippen LogP contribution is -2.38. The van der Waals surface area contributed by atoms with E-state index in [1.165, 1.54) is 4.90 Å². The van der Waals surface area contributed by atoms with Crippen molar-refractivity contribution in [3.8, 4) is 0 Å². The molecule has 32 heavy (non-hydrogen) atoms. The van der Waals surface area contributed by atoms with Crippen LogP contribution in [0.15, 0.2) is 64.4 Å². The number of carbonyl (C=O) groups excluding carboxylic acids is 2. The first kappa shape index (κ1) is 22.0. The third-order valence-corrected chi connectivity index (χ3v) is 6.01. The minimum absolute atomic E-state index is 0.0293. The van der Waals surface area contributed by atoms with Gasteiger partial charge in [-0.05, 0) is 49.5 Å². The third kappa shape index (κ3) is 4.01. The normalized spacial score (nSPS) is 16.6. The fourth-order valence-corrected chi connectivity index (χ4v) is 4.19. The Labute approximate surface area is 190 Å². The molecule has 7 nitrogen and oxygen atoms in total. The molecule has 3 heterocycles. The Bertz CT molecular complexity index is 1180. The average Bonchev–Trinajstić information content (AvgIpc) is 3.33. The van der Waals surface area contributed by atoms with Gasteiger partial charge in [0.15, 0.2) is 11.5 Å². The molecular formula is C24H24ClN3O4. The van der Waals surface area contributed by atoms with Crippen LogP contribution in [0.3, 0.4) is 0 Å². The van der Waals surface area contributed by atoms with E-state index in [0.717, 1.165) is 13.1 Å². The summed E-state index contributed by atoms with van der Waals surface area (Å²) >= 11 is 6.04. The number of nitrogens with zero attached hydrogens (tertiary/aromatic N) is 3. The van der Waals surface area contributed by atoms with Gasteiger partial charge in [0.25, 0.3) is 5.91 Å². The summed E-state index contributed by atoms with van der Waals surface area (Å²) in [7, 11) is 0. The summed E-state index contributed by atoms with van der Waals surface area (Å²) in [5.41, 5.74) is 0.972. The molecule has 1 unspecified atom stereocenters. The van der Waals surface area contributed by atoms with Crippen molar-refractivity contribution in [2.75, 3.05) is 26.2 Å². The Morgan fingerprint density at radius 2 is 2.00 bits per heavy atom. The maximum absolute atomic E-state index is 13.5. The summed E-state index contributed by atoms with van der Waals surface area (Å²) in [5.74, 6) is -1.67. The van der Waals surface area contributed by atoms with E-state index in [4.69, 9.17) is 16.0 Å². The number of aliphatic hydroxyl groups excluding tert-OH is 1. The van der Waals surface area contributed by atoms with Crippen LogP contribution in [0.1, 0.15) is 36.1 Å². The van der Waals surface area contributed by atoms with E-state index < -0.39 is 23.5 Å². The first-order chi connectivity index (χ1) is 15.4. The SMILES string of the molecule is CCN(CC)CCN1C(=O)C(O)=C(C(=O)c2cc3cc(Cl)ccc3o2)C1c1ccccn1. The number of fused-ring (bicyclic) bond motifs is 1. The number of hydrogen-bond donors (Lipinski definition) is 1. The van der Waals surface area contributed by atoms with Crippen LogP contribution in [0, 0.1) is 0 Å². The quantitative estimate of drug-likeness (QED) is 0.508. The van der Waals surface area contributed by atoms with Crippen LogP contribution in [0.25, 0.3) is 11.0 Å². The lowest BCUT2D eigenvalue weighted by molar-refractivity contribution is -0.129. The zero-order chi connectivity index (χ0) is 22.8. The zero-order valence-corrected chi connectivity index (χ0v) is 18.7. The molecule has 1 aromatic carbocycles. The van der Waals surface area contributed by atoms with Crippen molar-refractivity contribution >= 4 is 34.3 Å². The highest BCUT2D eigenvalue weighted by Gasteiger charge is 2.45. The monoisotopic (exact) mass is 453 g/mol. The van der Waals surface area contributed by atoms with Crippen LogP contribution < -0.4 is 0 Å². The van der Waals surface area contributed by atoms with Crippen molar-refractivity contribution in [2.24, 2.45) is 0 Å². The molecule has 0 bridgehead atoms. The fraction of sp³-hybridized carbons (Fsp3) is 0.292. The summed E-state index contributed by atoms with van der Waals surface area (Å²) in [6.07, 6.45) is 1.60. The number of aliphatic hydroxyl groups is 1. The van der Waals surface area contributed by atoms with Gasteiger partial charge in [-0.2, -0.15) is 0 Å². The average molecular weight is 454 g/mol. The number of pyridine rings is 1. The predicted molar refractivity (Wildman–Crippen MR) is 122 cm³/mol. The molecule has 1 aliphatic rings. The van der Waals surface area contributed by atoms with E-state index in [2.05, 4.69) is 9.88 Å². The summed E-state index contributed by atoms with van der Waals surface area (Å²) in [6, 6.07) is 11.1. The third-order valence-electron chi connectivity index (χ3n) is 5.77. The molecule has 4 rings (SSSR count). The summed E-state index contributed by atoms with van der Waals surface area (Å²) < 4.78 is 5.72. The van der Waals surface area contributed by atoms with Crippen molar-refractivity contribution in [1.29, 1.82) is 0 Å². The van der Waals surface area contributed by atoms with Gasteiger partial charge in [0.2, 0.25) is 5.78 Å². The number of aromatic nitrogens is 1. The van der Waals surface area contributed by atoms with Crippen LogP contribution in [0.5, 0.6) is 0 Å². The van der Waals surface area contributed by atoms with Gasteiger partial charge in [0, 0.05) is 29.7 Å². The lowest BCUT2D eigenvalue weighted by atomic mass is 9.98. The molecule has 1 atom stereocenters. The zero-order valence-electron chi connectivity index (χ0n) is 17.9. The van der Waals surface area contributed by atoms with E-state index >= 15 is 0 Å². The lowest BCUT2D eigenvalue weighted by Gasteiger charge is -2.28. The molecule has 0 saturated carbocycles. The largest absolute Gasteiger partial charge is 0.503 e. The highest BCUT2D eigenvalue weighted by Crippen LogP contribution is 2.38. The van der Waals surface area contributed by atoms with Gasteiger partial charge in [-0.1, -0.05) is 31.5 Å². The van der Waals surface area contributed by atoms with E-state index in [1.807, 2.05) is 13.8 Å². The molecule has 0 spiro atoms. The van der Waals surface area contributed by atoms with E-state index in [0.29, 0.717) is 34.8 Å². The number of halogens is 1. The Morgan fingerprint density at radius 1 is 1.22 bits per heavy atom. The molecule has 0 saturated heterocycles. The Hall–Kier alpha value is -3.16. The maximum atomic E-state index is 13.5. The number of furan rings is 1. The van der Waals surface area contributed by atoms with Gasteiger partial charge in [-0.25, -0.2) is 0 Å². The number of hydrogen-bond acceptors (Lipinski definition) is 6. The predicted octanol–water partition coefficient (Wildman–Crippen LogP) is 4.40. The number of likely N-dealkylation sites (N-methyl/N-ethyl adjacent to an activating group) is 1. The highest BCUT2D eigenvalue weighted by atomic mass is 35.5. The van der Waals surface area contributed by atoms with Crippen molar-refractivity contribution < 1.29 is 19.1 Å². The number of benzene rings is 1. The van der Waals surface area contributed by atoms with Gasteiger partial charge >= 0.3 is 0 Å². The number of carbonyl (C=O) groups is 2. The van der Waals surface area contributed by atoms with Crippen molar-refractivity contribution in [3.05, 3.63) is 76.5 Å². The molecular weight excluding hydrogens is 430 g/mol. The van der Waals surface area contributed by atoms with Gasteiger partial charge < -0.3 is 19.3 Å². The second kappa shape index (κ2) is 9.14. The Kier molecular flexibility index (Phi) is 6.30. The van der Waals surface area contributed by atoms with Gasteiger partial charge in [-0.3, -0.25) is 14.6 Å². The first-order valence-corrected chi connectivity index (χ1v) is 10.9. The summed E-state index contributed by atoms with van der Waals surface area (Å²) in [4.78, 5) is 34.5. The summed E-state index contributed by atoms with van der Waals surface area (Å²) in [6.45, 7) is 6.71. The molecule has 8 heteroatoms. The van der Waals surface area contributed by atoms with Crippen LogP contribution in [0.2, 0.25) is 5.02 Å². The van der Waals surface area contributed by atoms with Crippen molar-refractivity contribution in [2.45, 2.75) is 19.9 Å². The van der Waals surface area contributed by atoms with Gasteiger partial charge in [0.1, 0.15) is 11.6 Å². The Balaban J connectivity index is 1.73. The Morgan fingerprint density at radius 3 is 2.69 bits per heavy atom. The molecule has 2 aromatic heterocycles. The maximum Gasteiger partial charge on any atom is 0.290 e. The first-order valence-electron chi connectivity index (χ1n) is 10.6. The summed E-state index contributed by atoms with van der Waals surface area (Å²) in [5, 5.41) is 11.9. The van der Waals surface area contributed by atoms with E-state index in [9.17, 15) is 14.7 Å². The van der Waals surface area contributed by atoms with Gasteiger partial charge in [-0.15, -0.1) is 0 Å². The molecule has 166 valence electrons. The van der Waals surface area contributed by atoms with E-state index in [-0.39, 0.29) is 11.3 Å². The number of ketones is 1. The molecule has 1 amide bonds. The molecule has 3 aromatic rings. The van der Waals surface area contributed by atoms with Crippen molar-refractivity contribution in [1.82, 2.24) is 14.8 Å². The number of Topliss-reactive ketones (excluding diaryl/α,β-unsaturated/α-hetero) is 1. The fourth-order valence-electron chi connectivity index (χ4n) is 4.01. The van der Waals surface area contributed by atoms with E-state index in [1.54, 1.807) is 48.7 Å². The number of rotatable bonds is 8. The van der Waals surface area contributed by atoms with Gasteiger partial charge in [0.05, 0.1) is 11.3 Å². The second-order valence-corrected chi connectivity index (χ2v) is 8.00. The van der Waals surface area contributed by atoms with Crippen LogP contribution in [-0.2, 0) is 4.79 Å². The van der Waals surface area contributed by atoms with Crippen molar-refractivity contribution in [3.63, 3.8) is 0 Å². The standard InChI is InChI=1S/C24H24ClN3O4/c1-3-27(4-2)11-12-28-21(17-7-5-6-10-26-17)20(23(30)24(28)31)22(29)19-14-15-13-16(25)8-9-18(15)32-19/h5-10,13-14,21,30H,3-4,11-12H2,1-2H3. The number of amides is 1. The highest BCUT2D eigenvalue weighted by molar-refractivity contribution is 6.31. The topological polar surface area (TPSA) is 86.9 Å². The van der Waals surface area contributed by atoms with Crippen LogP contribution in [0.4, 0.5) is 0 Å². The minimum Gasteiger partial charge on any atom is -0.503 e. The molecule has 0 fully saturated rings. The minimum atomic E-state index is -0.802. The molecule has 0 aliphatic carbocycles. The molecule has 0 radical (unpaired) electrons.